The van der Waals surface area contributed by atoms with Crippen molar-refractivity contribution in [2.75, 3.05) is 12.4 Å². The van der Waals surface area contributed by atoms with Gasteiger partial charge in [-0.1, -0.05) is 36.8 Å². The van der Waals surface area contributed by atoms with Crippen molar-refractivity contribution in [3.05, 3.63) is 35.4 Å². The molecule has 0 aliphatic carbocycles. The van der Waals surface area contributed by atoms with Crippen LogP contribution >= 0.6 is 0 Å². The van der Waals surface area contributed by atoms with Crippen LogP contribution in [0.15, 0.2) is 24.3 Å². The van der Waals surface area contributed by atoms with Crippen LogP contribution in [-0.4, -0.2) is 25.9 Å². The second-order valence-corrected chi connectivity index (χ2v) is 6.44. The van der Waals surface area contributed by atoms with Gasteiger partial charge in [0.2, 0.25) is 0 Å². The molecule has 0 fully saturated rings. The maximum atomic E-state index is 11.7. The molecule has 3 nitrogen and oxygen atoms in total. The Hall–Kier alpha value is -0.870. The van der Waals surface area contributed by atoms with Crippen molar-refractivity contribution in [2.24, 2.45) is 5.92 Å². The summed E-state index contributed by atoms with van der Waals surface area (Å²) < 4.78 is 23.5. The Labute approximate surface area is 97.0 Å². The van der Waals surface area contributed by atoms with E-state index in [1.165, 1.54) is 0 Å². The lowest BCUT2D eigenvalue weighted by atomic mass is 10.2. The first-order valence-electron chi connectivity index (χ1n) is 5.30. The van der Waals surface area contributed by atoms with Gasteiger partial charge in [-0.3, -0.25) is 0 Å². The maximum Gasteiger partial charge on any atom is 0.154 e. The molecule has 0 radical (unpaired) electrons. The summed E-state index contributed by atoms with van der Waals surface area (Å²) >= 11 is 0. The van der Waals surface area contributed by atoms with Crippen LogP contribution in [0.4, 0.5) is 0 Å². The fourth-order valence-electron chi connectivity index (χ4n) is 1.48. The van der Waals surface area contributed by atoms with Gasteiger partial charge in [0.05, 0.1) is 11.5 Å². The van der Waals surface area contributed by atoms with Crippen molar-refractivity contribution in [2.45, 2.75) is 19.6 Å². The van der Waals surface area contributed by atoms with Gasteiger partial charge in [-0.15, -0.1) is 0 Å². The number of hydrogen-bond donors (Lipinski definition) is 1. The van der Waals surface area contributed by atoms with E-state index >= 15 is 0 Å². The second-order valence-electron chi connectivity index (χ2n) is 4.33. The van der Waals surface area contributed by atoms with Gasteiger partial charge < -0.3 is 5.11 Å². The molecule has 1 atom stereocenters. The summed E-state index contributed by atoms with van der Waals surface area (Å²) in [6, 6.07) is 7.47. The van der Waals surface area contributed by atoms with Gasteiger partial charge >= 0.3 is 0 Å². The highest BCUT2D eigenvalue weighted by atomic mass is 32.2. The largest absolute Gasteiger partial charge is 0.396 e. The zero-order chi connectivity index (χ0) is 12.2. The van der Waals surface area contributed by atoms with Crippen LogP contribution in [0.5, 0.6) is 0 Å². The molecular formula is C12H18O3S. The van der Waals surface area contributed by atoms with Gasteiger partial charge in [-0.2, -0.15) is 0 Å². The number of aryl methyl sites for hydroxylation is 1. The quantitative estimate of drug-likeness (QED) is 0.852. The minimum Gasteiger partial charge on any atom is -0.396 e. The van der Waals surface area contributed by atoms with Crippen molar-refractivity contribution in [3.8, 4) is 0 Å². The van der Waals surface area contributed by atoms with Gasteiger partial charge in [0, 0.05) is 6.61 Å². The van der Waals surface area contributed by atoms with E-state index in [1.807, 2.05) is 31.2 Å². The molecule has 16 heavy (non-hydrogen) atoms. The minimum absolute atomic E-state index is 0.0391. The van der Waals surface area contributed by atoms with Crippen LogP contribution in [0.3, 0.4) is 0 Å². The summed E-state index contributed by atoms with van der Waals surface area (Å²) in [5.74, 6) is -0.106. The van der Waals surface area contributed by atoms with Crippen LogP contribution in [0.2, 0.25) is 0 Å². The molecule has 1 unspecified atom stereocenters. The Morgan fingerprint density at radius 1 is 1.25 bits per heavy atom. The highest BCUT2D eigenvalue weighted by molar-refractivity contribution is 7.90. The highest BCUT2D eigenvalue weighted by Gasteiger charge is 2.15. The normalized spacial score (nSPS) is 13.7. The highest BCUT2D eigenvalue weighted by Crippen LogP contribution is 2.10. The van der Waals surface area contributed by atoms with E-state index in [4.69, 9.17) is 5.11 Å². The molecule has 0 aromatic heterocycles. The summed E-state index contributed by atoms with van der Waals surface area (Å²) in [6.45, 7) is 3.60. The number of hydrogen-bond acceptors (Lipinski definition) is 3. The molecule has 0 aliphatic heterocycles. The third-order valence-electron chi connectivity index (χ3n) is 2.36. The molecule has 1 rings (SSSR count). The maximum absolute atomic E-state index is 11.7. The van der Waals surface area contributed by atoms with E-state index < -0.39 is 9.84 Å². The molecule has 1 aromatic carbocycles. The fraction of sp³-hybridized carbons (Fsp3) is 0.500. The zero-order valence-electron chi connectivity index (χ0n) is 9.68. The van der Waals surface area contributed by atoms with Crippen molar-refractivity contribution < 1.29 is 13.5 Å². The van der Waals surface area contributed by atoms with E-state index in [0.29, 0.717) is 0 Å². The number of aliphatic hydroxyl groups excluding tert-OH is 1. The van der Waals surface area contributed by atoms with E-state index in [9.17, 15) is 8.42 Å². The van der Waals surface area contributed by atoms with Crippen LogP contribution in [0, 0.1) is 12.8 Å². The van der Waals surface area contributed by atoms with E-state index in [1.54, 1.807) is 6.92 Å². The predicted octanol–water partition coefficient (Wildman–Crippen LogP) is 1.54. The standard InChI is InChI=1S/C12H18O3S/c1-10-3-5-12(6-4-10)9-16(14,15)8-11(2)7-13/h3-6,11,13H,7-9H2,1-2H3. The van der Waals surface area contributed by atoms with E-state index in [2.05, 4.69) is 0 Å². The van der Waals surface area contributed by atoms with Crippen molar-refractivity contribution in [1.82, 2.24) is 0 Å². The zero-order valence-corrected chi connectivity index (χ0v) is 10.5. The Balaban J connectivity index is 2.69. The number of aliphatic hydroxyl groups is 1. The third kappa shape index (κ3) is 4.33. The topological polar surface area (TPSA) is 54.4 Å². The molecule has 0 heterocycles. The molecule has 1 aromatic rings. The Bertz CT molecular complexity index is 420. The minimum atomic E-state index is -3.12. The van der Waals surface area contributed by atoms with Crippen LogP contribution < -0.4 is 0 Å². The lowest BCUT2D eigenvalue weighted by molar-refractivity contribution is 0.249. The van der Waals surface area contributed by atoms with Crippen molar-refractivity contribution in [1.29, 1.82) is 0 Å². The summed E-state index contributed by atoms with van der Waals surface area (Å²) in [7, 11) is -3.12. The van der Waals surface area contributed by atoms with Crippen LogP contribution in [0.1, 0.15) is 18.1 Å². The summed E-state index contributed by atoms with van der Waals surface area (Å²) in [6.07, 6.45) is 0. The molecule has 0 saturated heterocycles. The SMILES string of the molecule is Cc1ccc(CS(=O)(=O)CC(C)CO)cc1. The van der Waals surface area contributed by atoms with Crippen LogP contribution in [-0.2, 0) is 15.6 Å². The Kier molecular flexibility index (Phi) is 4.50. The van der Waals surface area contributed by atoms with Crippen molar-refractivity contribution >= 4 is 9.84 Å². The molecule has 0 amide bonds. The first-order valence-corrected chi connectivity index (χ1v) is 7.12. The Morgan fingerprint density at radius 3 is 2.31 bits per heavy atom. The molecule has 90 valence electrons. The van der Waals surface area contributed by atoms with Gasteiger partial charge in [0.1, 0.15) is 0 Å². The second kappa shape index (κ2) is 5.46. The number of sulfone groups is 1. The number of benzene rings is 1. The lowest BCUT2D eigenvalue weighted by Crippen LogP contribution is -2.18. The molecule has 0 bridgehead atoms. The molecule has 4 heteroatoms. The van der Waals surface area contributed by atoms with E-state index in [-0.39, 0.29) is 24.0 Å². The lowest BCUT2D eigenvalue weighted by Gasteiger charge is -2.09. The first-order chi connectivity index (χ1) is 7.43. The van der Waals surface area contributed by atoms with Gasteiger partial charge in [0.15, 0.2) is 9.84 Å². The molecule has 0 saturated carbocycles. The van der Waals surface area contributed by atoms with Crippen LogP contribution in [0.25, 0.3) is 0 Å². The summed E-state index contributed by atoms with van der Waals surface area (Å²) in [5, 5.41) is 8.84. The smallest absolute Gasteiger partial charge is 0.154 e. The molecule has 0 aliphatic rings. The Morgan fingerprint density at radius 2 is 1.81 bits per heavy atom. The van der Waals surface area contributed by atoms with Gasteiger partial charge in [0.25, 0.3) is 0 Å². The van der Waals surface area contributed by atoms with Crippen molar-refractivity contribution in [3.63, 3.8) is 0 Å². The first kappa shape index (κ1) is 13.2. The summed E-state index contributed by atoms with van der Waals surface area (Å²) in [4.78, 5) is 0. The van der Waals surface area contributed by atoms with Gasteiger partial charge in [-0.05, 0) is 18.4 Å². The average molecular weight is 242 g/mol. The predicted molar refractivity (Wildman–Crippen MR) is 64.9 cm³/mol. The third-order valence-corrected chi connectivity index (χ3v) is 4.21. The number of rotatable bonds is 5. The molecule has 1 N–H and O–H groups in total. The molecule has 0 spiro atoms. The monoisotopic (exact) mass is 242 g/mol. The summed E-state index contributed by atoms with van der Waals surface area (Å²) in [5.41, 5.74) is 1.92. The average Bonchev–Trinajstić information content (AvgIpc) is 2.20. The fourth-order valence-corrected chi connectivity index (χ4v) is 3.27. The molecular weight excluding hydrogens is 224 g/mol. The van der Waals surface area contributed by atoms with E-state index in [0.717, 1.165) is 11.1 Å². The van der Waals surface area contributed by atoms with Gasteiger partial charge in [-0.25, -0.2) is 8.42 Å².